The van der Waals surface area contributed by atoms with E-state index in [0.717, 1.165) is 32.1 Å². The van der Waals surface area contributed by atoms with E-state index in [1.807, 2.05) is 0 Å². The predicted molar refractivity (Wildman–Crippen MR) is 73.9 cm³/mol. The zero-order valence-electron chi connectivity index (χ0n) is 11.9. The first-order valence-corrected chi connectivity index (χ1v) is 7.43. The Hall–Kier alpha value is -0.0800. The highest BCUT2D eigenvalue weighted by Crippen LogP contribution is 2.32. The van der Waals surface area contributed by atoms with Gasteiger partial charge >= 0.3 is 0 Å². The van der Waals surface area contributed by atoms with Gasteiger partial charge in [0.05, 0.1) is 5.60 Å². The molecule has 1 rings (SSSR count). The van der Waals surface area contributed by atoms with Crippen molar-refractivity contribution in [1.82, 2.24) is 0 Å². The van der Waals surface area contributed by atoms with E-state index in [9.17, 15) is 5.11 Å². The van der Waals surface area contributed by atoms with Crippen molar-refractivity contribution >= 4 is 0 Å². The summed E-state index contributed by atoms with van der Waals surface area (Å²) in [7, 11) is 0. The fraction of sp³-hybridized carbons (Fsp3) is 1.00. The van der Waals surface area contributed by atoms with Crippen LogP contribution in [-0.4, -0.2) is 16.7 Å². The first-order valence-electron chi connectivity index (χ1n) is 7.43. The third kappa shape index (κ3) is 4.59. The Balaban J connectivity index is 2.58. The van der Waals surface area contributed by atoms with Crippen LogP contribution in [0.1, 0.15) is 72.1 Å². The third-order valence-corrected chi connectivity index (χ3v) is 4.30. The van der Waals surface area contributed by atoms with Crippen molar-refractivity contribution in [3.05, 3.63) is 0 Å². The molecule has 2 nitrogen and oxygen atoms in total. The molecule has 2 unspecified atom stereocenters. The van der Waals surface area contributed by atoms with Gasteiger partial charge in [0, 0.05) is 6.04 Å². The summed E-state index contributed by atoms with van der Waals surface area (Å²) in [5.41, 5.74) is 5.74. The summed E-state index contributed by atoms with van der Waals surface area (Å²) in [5, 5.41) is 10.8. The molecule has 2 atom stereocenters. The maximum absolute atomic E-state index is 10.8. The van der Waals surface area contributed by atoms with Crippen LogP contribution in [0.4, 0.5) is 0 Å². The summed E-state index contributed by atoms with van der Waals surface area (Å²) in [4.78, 5) is 0. The zero-order valence-corrected chi connectivity index (χ0v) is 11.9. The lowest BCUT2D eigenvalue weighted by molar-refractivity contribution is -0.0271. The van der Waals surface area contributed by atoms with Gasteiger partial charge in [0.25, 0.3) is 0 Å². The van der Waals surface area contributed by atoms with E-state index in [-0.39, 0.29) is 6.04 Å². The molecule has 0 bridgehead atoms. The Morgan fingerprint density at radius 1 is 1.00 bits per heavy atom. The predicted octanol–water partition coefficient (Wildman–Crippen LogP) is 3.47. The molecule has 0 saturated heterocycles. The van der Waals surface area contributed by atoms with Gasteiger partial charge in [0.1, 0.15) is 0 Å². The van der Waals surface area contributed by atoms with E-state index < -0.39 is 5.60 Å². The normalized spacial score (nSPS) is 25.1. The molecule has 0 radical (unpaired) electrons. The number of rotatable bonds is 4. The van der Waals surface area contributed by atoms with Gasteiger partial charge in [-0.05, 0) is 31.1 Å². The Morgan fingerprint density at radius 2 is 1.47 bits per heavy atom. The molecule has 0 aromatic rings. The van der Waals surface area contributed by atoms with Gasteiger partial charge in [-0.2, -0.15) is 0 Å². The molecular weight excluding hydrogens is 210 g/mol. The molecule has 0 heterocycles. The van der Waals surface area contributed by atoms with Crippen LogP contribution in [0.5, 0.6) is 0 Å². The highest BCUT2D eigenvalue weighted by Gasteiger charge is 2.36. The SMILES string of the molecule is CC(C)CC(C)C(N)C1(O)CCCCCCC1. The summed E-state index contributed by atoms with van der Waals surface area (Å²) >= 11 is 0. The number of aliphatic hydroxyl groups is 1. The lowest BCUT2D eigenvalue weighted by atomic mass is 9.75. The van der Waals surface area contributed by atoms with Crippen LogP contribution in [0, 0.1) is 11.8 Å². The summed E-state index contributed by atoms with van der Waals surface area (Å²) in [6, 6.07) is -0.0528. The second kappa shape index (κ2) is 6.75. The van der Waals surface area contributed by atoms with Crippen molar-refractivity contribution in [2.45, 2.75) is 83.8 Å². The summed E-state index contributed by atoms with van der Waals surface area (Å²) in [6.07, 6.45) is 9.03. The van der Waals surface area contributed by atoms with Crippen LogP contribution in [0.2, 0.25) is 0 Å². The van der Waals surface area contributed by atoms with Crippen molar-refractivity contribution in [2.24, 2.45) is 17.6 Å². The molecule has 102 valence electrons. The fourth-order valence-electron chi connectivity index (χ4n) is 3.27. The number of nitrogens with two attached hydrogens (primary N) is 1. The number of hydrogen-bond acceptors (Lipinski definition) is 2. The Morgan fingerprint density at radius 3 is 1.94 bits per heavy atom. The van der Waals surface area contributed by atoms with Crippen LogP contribution < -0.4 is 5.73 Å². The molecule has 3 N–H and O–H groups in total. The van der Waals surface area contributed by atoms with E-state index in [0.29, 0.717) is 11.8 Å². The Labute approximate surface area is 107 Å². The molecule has 1 saturated carbocycles. The lowest BCUT2D eigenvalue weighted by Crippen LogP contribution is -2.52. The monoisotopic (exact) mass is 241 g/mol. The molecule has 0 aromatic carbocycles. The lowest BCUT2D eigenvalue weighted by Gasteiger charge is -2.39. The molecule has 0 aromatic heterocycles. The van der Waals surface area contributed by atoms with E-state index in [1.54, 1.807) is 0 Å². The molecule has 1 aliphatic rings. The largest absolute Gasteiger partial charge is 0.388 e. The summed E-state index contributed by atoms with van der Waals surface area (Å²) in [6.45, 7) is 6.65. The maximum atomic E-state index is 10.8. The van der Waals surface area contributed by atoms with Crippen molar-refractivity contribution in [1.29, 1.82) is 0 Å². The summed E-state index contributed by atoms with van der Waals surface area (Å²) < 4.78 is 0. The van der Waals surface area contributed by atoms with Crippen molar-refractivity contribution < 1.29 is 5.11 Å². The van der Waals surface area contributed by atoms with Gasteiger partial charge in [-0.1, -0.05) is 52.9 Å². The Kier molecular flexibility index (Phi) is 5.94. The highest BCUT2D eigenvalue weighted by atomic mass is 16.3. The molecule has 1 aliphatic carbocycles. The second-order valence-electron chi connectivity index (χ2n) is 6.50. The van der Waals surface area contributed by atoms with Gasteiger partial charge in [-0.3, -0.25) is 0 Å². The quantitative estimate of drug-likeness (QED) is 0.791. The molecule has 0 amide bonds. The standard InChI is InChI=1S/C15H31NO/c1-12(2)11-13(3)14(16)15(17)9-7-5-4-6-8-10-15/h12-14,17H,4-11,16H2,1-3H3. The minimum atomic E-state index is -0.602. The molecule has 1 fully saturated rings. The van der Waals surface area contributed by atoms with Crippen LogP contribution in [0.15, 0.2) is 0 Å². The van der Waals surface area contributed by atoms with Gasteiger partial charge in [-0.15, -0.1) is 0 Å². The first kappa shape index (κ1) is 15.0. The fourth-order valence-corrected chi connectivity index (χ4v) is 3.27. The number of hydrogen-bond donors (Lipinski definition) is 2. The zero-order chi connectivity index (χ0) is 12.9. The molecule has 2 heteroatoms. The van der Waals surface area contributed by atoms with Gasteiger partial charge in [0.2, 0.25) is 0 Å². The molecular formula is C15H31NO. The summed E-state index contributed by atoms with van der Waals surface area (Å²) in [5.74, 6) is 1.08. The van der Waals surface area contributed by atoms with Gasteiger partial charge < -0.3 is 10.8 Å². The van der Waals surface area contributed by atoms with Crippen LogP contribution >= 0.6 is 0 Å². The van der Waals surface area contributed by atoms with Crippen LogP contribution in [0.3, 0.4) is 0 Å². The van der Waals surface area contributed by atoms with Crippen LogP contribution in [-0.2, 0) is 0 Å². The van der Waals surface area contributed by atoms with Crippen molar-refractivity contribution in [3.63, 3.8) is 0 Å². The smallest absolute Gasteiger partial charge is 0.0800 e. The average Bonchev–Trinajstić information content (AvgIpc) is 2.22. The van der Waals surface area contributed by atoms with Crippen molar-refractivity contribution in [3.8, 4) is 0 Å². The van der Waals surface area contributed by atoms with Gasteiger partial charge in [-0.25, -0.2) is 0 Å². The molecule has 0 spiro atoms. The van der Waals surface area contributed by atoms with Crippen LogP contribution in [0.25, 0.3) is 0 Å². The third-order valence-electron chi connectivity index (χ3n) is 4.30. The highest BCUT2D eigenvalue weighted by molar-refractivity contribution is 4.93. The van der Waals surface area contributed by atoms with Crippen molar-refractivity contribution in [2.75, 3.05) is 0 Å². The van der Waals surface area contributed by atoms with E-state index in [2.05, 4.69) is 20.8 Å². The topological polar surface area (TPSA) is 46.2 Å². The molecule has 0 aliphatic heterocycles. The first-order chi connectivity index (χ1) is 7.96. The second-order valence-corrected chi connectivity index (χ2v) is 6.50. The minimum Gasteiger partial charge on any atom is -0.388 e. The maximum Gasteiger partial charge on any atom is 0.0800 e. The van der Waals surface area contributed by atoms with Gasteiger partial charge in [0.15, 0.2) is 0 Å². The van der Waals surface area contributed by atoms with E-state index in [1.165, 1.54) is 19.3 Å². The molecule has 17 heavy (non-hydrogen) atoms. The van der Waals surface area contributed by atoms with E-state index in [4.69, 9.17) is 5.73 Å². The Bertz CT molecular complexity index is 207. The minimum absolute atomic E-state index is 0.0528. The average molecular weight is 241 g/mol. The van der Waals surface area contributed by atoms with E-state index >= 15 is 0 Å².